The summed E-state index contributed by atoms with van der Waals surface area (Å²) in [7, 11) is 0. The zero-order chi connectivity index (χ0) is 17.8. The van der Waals surface area contributed by atoms with Crippen LogP contribution >= 0.6 is 0 Å². The largest absolute Gasteiger partial charge is 0.462 e. The molecule has 0 amide bonds. The average Bonchev–Trinajstić information content (AvgIpc) is 3.15. The lowest BCUT2D eigenvalue weighted by Gasteiger charge is -2.16. The zero-order valence-corrected chi connectivity index (χ0v) is 13.9. The van der Waals surface area contributed by atoms with E-state index in [1.807, 2.05) is 0 Å². The standard InChI is InChI=1S/C20H18O5/c1-2-24-20(23)14-8-9-16(19(22)18-7-4-10-25-18)17(12-14)13-5-3-6-15(21)11-13/h4,7-12H,2-3,5-6H2,1H3. The third kappa shape index (κ3) is 3.60. The molecule has 1 aliphatic rings. The molecule has 5 nitrogen and oxygen atoms in total. The Morgan fingerprint density at radius 2 is 2.04 bits per heavy atom. The second-order valence-electron chi connectivity index (χ2n) is 5.78. The van der Waals surface area contributed by atoms with Gasteiger partial charge < -0.3 is 9.15 Å². The highest BCUT2D eigenvalue weighted by molar-refractivity contribution is 6.12. The van der Waals surface area contributed by atoms with Crippen LogP contribution in [0.25, 0.3) is 5.57 Å². The fourth-order valence-corrected chi connectivity index (χ4v) is 2.89. The number of hydrogen-bond acceptors (Lipinski definition) is 5. The van der Waals surface area contributed by atoms with Gasteiger partial charge in [-0.1, -0.05) is 0 Å². The second kappa shape index (κ2) is 7.30. The van der Waals surface area contributed by atoms with E-state index < -0.39 is 5.97 Å². The third-order valence-electron chi connectivity index (χ3n) is 4.07. The van der Waals surface area contributed by atoms with Gasteiger partial charge >= 0.3 is 5.97 Å². The molecule has 3 rings (SSSR count). The Morgan fingerprint density at radius 3 is 2.72 bits per heavy atom. The van der Waals surface area contributed by atoms with Crippen molar-refractivity contribution in [3.05, 3.63) is 65.1 Å². The molecule has 1 aliphatic carbocycles. The quantitative estimate of drug-likeness (QED) is 0.612. The Kier molecular flexibility index (Phi) is 4.93. The summed E-state index contributed by atoms with van der Waals surface area (Å²) in [4.78, 5) is 36.6. The molecule has 5 heteroatoms. The number of allylic oxidation sites excluding steroid dienone is 2. The van der Waals surface area contributed by atoms with Crippen molar-refractivity contribution in [3.8, 4) is 0 Å². The van der Waals surface area contributed by atoms with E-state index in [-0.39, 0.29) is 23.9 Å². The minimum atomic E-state index is -0.455. The Hall–Kier alpha value is -2.95. The molecule has 1 aromatic heterocycles. The van der Waals surface area contributed by atoms with Crippen LogP contribution in [0, 0.1) is 0 Å². The fourth-order valence-electron chi connectivity index (χ4n) is 2.89. The summed E-state index contributed by atoms with van der Waals surface area (Å²) >= 11 is 0. The van der Waals surface area contributed by atoms with Gasteiger partial charge in [-0.05, 0) is 67.3 Å². The smallest absolute Gasteiger partial charge is 0.338 e. The van der Waals surface area contributed by atoms with Crippen molar-refractivity contribution in [1.82, 2.24) is 0 Å². The number of ether oxygens (including phenoxy) is 1. The number of benzene rings is 1. The molecule has 0 bridgehead atoms. The Bertz CT molecular complexity index is 843. The molecule has 0 aliphatic heterocycles. The molecule has 128 valence electrons. The van der Waals surface area contributed by atoms with E-state index >= 15 is 0 Å². The summed E-state index contributed by atoms with van der Waals surface area (Å²) in [6.45, 7) is 2.00. The minimum Gasteiger partial charge on any atom is -0.462 e. The van der Waals surface area contributed by atoms with Crippen molar-refractivity contribution in [2.24, 2.45) is 0 Å². The number of furan rings is 1. The fraction of sp³-hybridized carbons (Fsp3) is 0.250. The molecule has 0 radical (unpaired) electrons. The molecule has 1 aromatic carbocycles. The minimum absolute atomic E-state index is 0.0270. The Labute approximate surface area is 145 Å². The van der Waals surface area contributed by atoms with Gasteiger partial charge in [0, 0.05) is 12.0 Å². The highest BCUT2D eigenvalue weighted by Gasteiger charge is 2.22. The number of esters is 1. The molecule has 0 N–H and O–H groups in total. The SMILES string of the molecule is CCOC(=O)c1ccc(C(=O)c2ccco2)c(C2=CC(=O)CCC2)c1. The van der Waals surface area contributed by atoms with E-state index in [0.717, 1.165) is 12.0 Å². The second-order valence-corrected chi connectivity index (χ2v) is 5.78. The summed E-state index contributed by atoms with van der Waals surface area (Å²) in [5.74, 6) is -0.495. The van der Waals surface area contributed by atoms with Gasteiger partial charge in [0.25, 0.3) is 0 Å². The average molecular weight is 338 g/mol. The molecule has 0 spiro atoms. The Morgan fingerprint density at radius 1 is 1.20 bits per heavy atom. The van der Waals surface area contributed by atoms with E-state index in [2.05, 4.69) is 0 Å². The van der Waals surface area contributed by atoms with Crippen molar-refractivity contribution >= 4 is 23.1 Å². The van der Waals surface area contributed by atoms with Crippen LogP contribution in [-0.4, -0.2) is 24.1 Å². The molecular weight excluding hydrogens is 320 g/mol. The molecule has 0 unspecified atom stereocenters. The van der Waals surface area contributed by atoms with E-state index in [0.29, 0.717) is 29.5 Å². The van der Waals surface area contributed by atoms with Crippen molar-refractivity contribution in [1.29, 1.82) is 0 Å². The molecule has 2 aromatic rings. The Balaban J connectivity index is 2.09. The maximum Gasteiger partial charge on any atom is 0.338 e. The number of carbonyl (C=O) groups excluding carboxylic acids is 3. The molecule has 1 heterocycles. The van der Waals surface area contributed by atoms with Crippen LogP contribution in [-0.2, 0) is 9.53 Å². The van der Waals surface area contributed by atoms with Gasteiger partial charge in [0.2, 0.25) is 5.78 Å². The first kappa shape index (κ1) is 16.9. The van der Waals surface area contributed by atoms with Crippen LogP contribution in [0.4, 0.5) is 0 Å². The predicted octanol–water partition coefficient (Wildman–Crippen LogP) is 3.82. The predicted molar refractivity (Wildman–Crippen MR) is 91.4 cm³/mol. The van der Waals surface area contributed by atoms with Gasteiger partial charge in [-0.2, -0.15) is 0 Å². The van der Waals surface area contributed by atoms with Crippen LogP contribution in [0.1, 0.15) is 58.2 Å². The van der Waals surface area contributed by atoms with Crippen LogP contribution < -0.4 is 0 Å². The van der Waals surface area contributed by atoms with Crippen LogP contribution in [0.2, 0.25) is 0 Å². The molecule has 0 fully saturated rings. The first-order chi connectivity index (χ1) is 12.1. The lowest BCUT2D eigenvalue weighted by Crippen LogP contribution is -2.11. The summed E-state index contributed by atoms with van der Waals surface area (Å²) in [6, 6.07) is 8.00. The molecule has 0 saturated carbocycles. The first-order valence-corrected chi connectivity index (χ1v) is 8.23. The summed E-state index contributed by atoms with van der Waals surface area (Å²) in [5, 5.41) is 0. The van der Waals surface area contributed by atoms with E-state index in [1.54, 1.807) is 43.3 Å². The maximum absolute atomic E-state index is 12.7. The van der Waals surface area contributed by atoms with Gasteiger partial charge in [0.15, 0.2) is 11.5 Å². The normalized spacial score (nSPS) is 14.1. The van der Waals surface area contributed by atoms with E-state index in [4.69, 9.17) is 9.15 Å². The number of rotatable bonds is 5. The molecular formula is C20H18O5. The van der Waals surface area contributed by atoms with Gasteiger partial charge in [0.05, 0.1) is 18.4 Å². The van der Waals surface area contributed by atoms with Crippen molar-refractivity contribution < 1.29 is 23.5 Å². The van der Waals surface area contributed by atoms with Gasteiger partial charge in [-0.15, -0.1) is 0 Å². The van der Waals surface area contributed by atoms with Gasteiger partial charge in [-0.25, -0.2) is 4.79 Å². The van der Waals surface area contributed by atoms with Gasteiger partial charge in [0.1, 0.15) is 0 Å². The number of ketones is 2. The van der Waals surface area contributed by atoms with Crippen molar-refractivity contribution in [2.45, 2.75) is 26.2 Å². The van der Waals surface area contributed by atoms with Crippen LogP contribution in [0.5, 0.6) is 0 Å². The zero-order valence-electron chi connectivity index (χ0n) is 13.9. The van der Waals surface area contributed by atoms with Crippen LogP contribution in [0.3, 0.4) is 0 Å². The summed E-state index contributed by atoms with van der Waals surface area (Å²) in [6.07, 6.45) is 4.90. The van der Waals surface area contributed by atoms with E-state index in [1.165, 1.54) is 6.26 Å². The van der Waals surface area contributed by atoms with Crippen molar-refractivity contribution in [2.75, 3.05) is 6.61 Å². The topological polar surface area (TPSA) is 73.6 Å². The number of hydrogen-bond donors (Lipinski definition) is 0. The molecule has 25 heavy (non-hydrogen) atoms. The first-order valence-electron chi connectivity index (χ1n) is 8.23. The number of carbonyl (C=O) groups is 3. The van der Waals surface area contributed by atoms with Crippen molar-refractivity contribution in [3.63, 3.8) is 0 Å². The lowest BCUT2D eigenvalue weighted by atomic mass is 9.87. The maximum atomic E-state index is 12.7. The highest BCUT2D eigenvalue weighted by atomic mass is 16.5. The third-order valence-corrected chi connectivity index (χ3v) is 4.07. The van der Waals surface area contributed by atoms with E-state index in [9.17, 15) is 14.4 Å². The molecule has 0 atom stereocenters. The monoisotopic (exact) mass is 338 g/mol. The summed E-state index contributed by atoms with van der Waals surface area (Å²) < 4.78 is 10.2. The van der Waals surface area contributed by atoms with Crippen LogP contribution in [0.15, 0.2) is 47.1 Å². The van der Waals surface area contributed by atoms with Gasteiger partial charge in [-0.3, -0.25) is 9.59 Å². The molecule has 0 saturated heterocycles. The highest BCUT2D eigenvalue weighted by Crippen LogP contribution is 2.30. The lowest BCUT2D eigenvalue weighted by molar-refractivity contribution is -0.114. The summed E-state index contributed by atoms with van der Waals surface area (Å²) in [5.41, 5.74) is 2.10.